The summed E-state index contributed by atoms with van der Waals surface area (Å²) in [6.07, 6.45) is 0. The minimum Gasteiger partial charge on any atom is -1.00 e. The Bertz CT molecular complexity index is 1010. The standard InChI is InChI=1S/C27H25OP.BrH/c1-20-7-13-24(14-8-20)29(25-15-9-21(2)10-16-25,26-17-11-22(3)12-18-26)27-6-4-5-23(28)19-27;/h4-19H,1-3H3;1H. The molecule has 0 aromatic heterocycles. The van der Waals surface area contributed by atoms with Crippen molar-refractivity contribution in [1.82, 2.24) is 0 Å². The molecule has 4 rings (SSSR count). The highest BCUT2D eigenvalue weighted by molar-refractivity contribution is 8.01. The molecule has 0 aliphatic carbocycles. The topological polar surface area (TPSA) is 20.2 Å². The Hall–Kier alpha value is -2.41. The first kappa shape index (κ1) is 22.3. The van der Waals surface area contributed by atoms with Gasteiger partial charge in [-0.25, -0.2) is 0 Å². The van der Waals surface area contributed by atoms with Crippen molar-refractivity contribution in [3.8, 4) is 5.75 Å². The van der Waals surface area contributed by atoms with Crippen molar-refractivity contribution in [2.75, 3.05) is 0 Å². The summed E-state index contributed by atoms with van der Waals surface area (Å²) >= 11 is 0. The molecule has 0 saturated heterocycles. The van der Waals surface area contributed by atoms with Crippen LogP contribution in [0.4, 0.5) is 0 Å². The molecule has 0 radical (unpaired) electrons. The van der Waals surface area contributed by atoms with Gasteiger partial charge in [-0.2, -0.15) is 0 Å². The maximum Gasteiger partial charge on any atom is 0.144 e. The van der Waals surface area contributed by atoms with Crippen LogP contribution < -0.4 is 38.2 Å². The van der Waals surface area contributed by atoms with E-state index in [4.69, 9.17) is 0 Å². The zero-order valence-corrected chi connectivity index (χ0v) is 20.0. The third-order valence-electron chi connectivity index (χ3n) is 5.48. The van der Waals surface area contributed by atoms with Crippen LogP contribution in [-0.2, 0) is 0 Å². The summed E-state index contributed by atoms with van der Waals surface area (Å²) < 4.78 is 0. The van der Waals surface area contributed by atoms with Crippen molar-refractivity contribution in [2.24, 2.45) is 0 Å². The van der Waals surface area contributed by atoms with Gasteiger partial charge >= 0.3 is 0 Å². The Morgan fingerprint density at radius 1 is 0.500 bits per heavy atom. The van der Waals surface area contributed by atoms with E-state index in [1.807, 2.05) is 12.1 Å². The first-order valence-corrected chi connectivity index (χ1v) is 11.7. The lowest BCUT2D eigenvalue weighted by molar-refractivity contribution is -0.00000689. The van der Waals surface area contributed by atoms with Crippen LogP contribution in [0, 0.1) is 20.8 Å². The fraction of sp³-hybridized carbons (Fsp3) is 0.111. The van der Waals surface area contributed by atoms with Crippen LogP contribution in [0.15, 0.2) is 97.1 Å². The molecule has 0 spiro atoms. The monoisotopic (exact) mass is 476 g/mol. The lowest BCUT2D eigenvalue weighted by Crippen LogP contribution is -3.00. The lowest BCUT2D eigenvalue weighted by atomic mass is 10.2. The van der Waals surface area contributed by atoms with E-state index in [1.165, 1.54) is 32.6 Å². The van der Waals surface area contributed by atoms with Crippen LogP contribution >= 0.6 is 7.26 Å². The van der Waals surface area contributed by atoms with E-state index >= 15 is 0 Å². The summed E-state index contributed by atoms with van der Waals surface area (Å²) in [5.41, 5.74) is 3.74. The molecule has 0 aliphatic rings. The van der Waals surface area contributed by atoms with Gasteiger partial charge in [-0.3, -0.25) is 0 Å². The highest BCUT2D eigenvalue weighted by Crippen LogP contribution is 2.54. The third-order valence-corrected chi connectivity index (χ3v) is 9.75. The zero-order valence-electron chi connectivity index (χ0n) is 17.5. The summed E-state index contributed by atoms with van der Waals surface area (Å²) in [6, 6.07) is 34.5. The number of aryl methyl sites for hydroxylation is 3. The van der Waals surface area contributed by atoms with Gasteiger partial charge in [0.2, 0.25) is 0 Å². The van der Waals surface area contributed by atoms with Gasteiger partial charge in [0.1, 0.15) is 34.2 Å². The van der Waals surface area contributed by atoms with Crippen molar-refractivity contribution in [3.63, 3.8) is 0 Å². The van der Waals surface area contributed by atoms with E-state index in [0.29, 0.717) is 5.75 Å². The molecular weight excluding hydrogens is 451 g/mol. The van der Waals surface area contributed by atoms with Gasteiger partial charge in [-0.05, 0) is 69.3 Å². The van der Waals surface area contributed by atoms with E-state index < -0.39 is 7.26 Å². The number of benzene rings is 4. The van der Waals surface area contributed by atoms with Gasteiger partial charge in [0, 0.05) is 6.07 Å². The molecule has 0 heterocycles. The Labute approximate surface area is 190 Å². The van der Waals surface area contributed by atoms with Crippen molar-refractivity contribution < 1.29 is 22.1 Å². The number of aromatic hydroxyl groups is 1. The number of phenolic OH excluding ortho intramolecular Hbond substituents is 1. The van der Waals surface area contributed by atoms with E-state index in [9.17, 15) is 5.11 Å². The van der Waals surface area contributed by atoms with Gasteiger partial charge in [0.05, 0.1) is 0 Å². The second kappa shape index (κ2) is 9.16. The second-order valence-electron chi connectivity index (χ2n) is 7.70. The molecule has 3 heteroatoms. The van der Waals surface area contributed by atoms with Gasteiger partial charge in [-0.15, -0.1) is 0 Å². The average Bonchev–Trinajstić information content (AvgIpc) is 2.72. The average molecular weight is 477 g/mol. The van der Waals surface area contributed by atoms with E-state index in [-0.39, 0.29) is 17.0 Å². The number of halogens is 1. The molecule has 30 heavy (non-hydrogen) atoms. The number of hydrogen-bond donors (Lipinski definition) is 1. The third kappa shape index (κ3) is 4.08. The fourth-order valence-corrected chi connectivity index (χ4v) is 8.11. The summed E-state index contributed by atoms with van der Waals surface area (Å²) in [4.78, 5) is 0. The molecule has 4 aromatic rings. The first-order chi connectivity index (χ1) is 14.0. The summed E-state index contributed by atoms with van der Waals surface area (Å²) in [5, 5.41) is 15.4. The van der Waals surface area contributed by atoms with E-state index in [2.05, 4.69) is 99.6 Å². The number of hydrogen-bond acceptors (Lipinski definition) is 1. The van der Waals surface area contributed by atoms with Crippen molar-refractivity contribution in [3.05, 3.63) is 114 Å². The molecule has 0 bridgehead atoms. The summed E-state index contributed by atoms with van der Waals surface area (Å²) in [5.74, 6) is 0.304. The molecule has 1 N–H and O–H groups in total. The molecule has 0 atom stereocenters. The zero-order chi connectivity index (χ0) is 20.4. The second-order valence-corrected chi connectivity index (χ2v) is 11.1. The highest BCUT2D eigenvalue weighted by atomic mass is 79.9. The Morgan fingerprint density at radius 3 is 1.20 bits per heavy atom. The van der Waals surface area contributed by atoms with Crippen LogP contribution in [0.5, 0.6) is 5.75 Å². The largest absolute Gasteiger partial charge is 1.00 e. The van der Waals surface area contributed by atoms with Crippen molar-refractivity contribution >= 4 is 28.5 Å². The van der Waals surface area contributed by atoms with Crippen molar-refractivity contribution in [2.45, 2.75) is 20.8 Å². The molecule has 0 aliphatic heterocycles. The minimum absolute atomic E-state index is 0. The van der Waals surface area contributed by atoms with Crippen LogP contribution in [-0.4, -0.2) is 5.11 Å². The van der Waals surface area contributed by atoms with Crippen LogP contribution in [0.2, 0.25) is 0 Å². The Balaban J connectivity index is 0.00000256. The van der Waals surface area contributed by atoms with E-state index in [0.717, 1.165) is 5.30 Å². The quantitative estimate of drug-likeness (QED) is 0.446. The SMILES string of the molecule is Cc1ccc([P+](c2ccc(C)cc2)(c2ccc(C)cc2)c2cccc(O)c2)cc1.[Br-]. The molecule has 4 aromatic carbocycles. The predicted molar refractivity (Wildman–Crippen MR) is 127 cm³/mol. The van der Waals surface area contributed by atoms with Crippen LogP contribution in [0.3, 0.4) is 0 Å². The van der Waals surface area contributed by atoms with Crippen LogP contribution in [0.1, 0.15) is 16.7 Å². The Morgan fingerprint density at radius 2 is 0.867 bits per heavy atom. The maximum absolute atomic E-state index is 10.4. The summed E-state index contributed by atoms with van der Waals surface area (Å²) in [6.45, 7) is 6.36. The molecule has 0 amide bonds. The van der Waals surface area contributed by atoms with Gasteiger partial charge in [0.25, 0.3) is 0 Å². The van der Waals surface area contributed by atoms with Crippen LogP contribution in [0.25, 0.3) is 0 Å². The molecule has 0 fully saturated rings. The lowest BCUT2D eigenvalue weighted by Gasteiger charge is -2.28. The smallest absolute Gasteiger partial charge is 0.144 e. The first-order valence-electron chi connectivity index (χ1n) is 9.90. The van der Waals surface area contributed by atoms with Gasteiger partial charge in [-0.1, -0.05) is 59.2 Å². The molecule has 1 nitrogen and oxygen atoms in total. The fourth-order valence-electron chi connectivity index (χ4n) is 3.90. The number of phenols is 1. The van der Waals surface area contributed by atoms with Gasteiger partial charge < -0.3 is 22.1 Å². The van der Waals surface area contributed by atoms with Gasteiger partial charge in [0.15, 0.2) is 0 Å². The number of rotatable bonds is 4. The summed E-state index contributed by atoms with van der Waals surface area (Å²) in [7, 11) is -2.15. The molecular formula is C27H26BrOP. The van der Waals surface area contributed by atoms with Crippen molar-refractivity contribution in [1.29, 1.82) is 0 Å². The normalized spacial score (nSPS) is 11.0. The molecule has 152 valence electrons. The van der Waals surface area contributed by atoms with E-state index in [1.54, 1.807) is 6.07 Å². The maximum atomic E-state index is 10.4. The Kier molecular flexibility index (Phi) is 6.81. The molecule has 0 unspecified atom stereocenters. The highest BCUT2D eigenvalue weighted by Gasteiger charge is 2.48. The predicted octanol–water partition coefficient (Wildman–Crippen LogP) is 1.94. The molecule has 0 saturated carbocycles. The minimum atomic E-state index is -2.15.